The molecule has 0 bridgehead atoms. The largest absolute Gasteiger partial charge is 0.480 e. The number of carbonyl (C=O) groups is 4. The number of unbranched alkanes of at least 4 members (excludes halogenated alkanes) is 13. The van der Waals surface area contributed by atoms with Crippen molar-refractivity contribution >= 4 is 23.8 Å². The van der Waals surface area contributed by atoms with E-state index in [0.717, 1.165) is 51.4 Å². The summed E-state index contributed by atoms with van der Waals surface area (Å²) in [6.07, 6.45) is 20.1. The highest BCUT2D eigenvalue weighted by Gasteiger charge is 2.19. The SMILES string of the molecule is CCCCCCCCCC(=O)OC(CCCCCCC)CCCCCCC(=O)NCC(=O)NC(CO)C(=O)O. The van der Waals surface area contributed by atoms with Crippen LogP contribution in [0.5, 0.6) is 0 Å². The molecule has 2 amide bonds. The Balaban J connectivity index is 4.17. The van der Waals surface area contributed by atoms with Gasteiger partial charge in [0.15, 0.2) is 0 Å². The lowest BCUT2D eigenvalue weighted by atomic mass is 10.0. The molecule has 2 atom stereocenters. The maximum absolute atomic E-state index is 12.4. The molecule has 0 aliphatic rings. The number of rotatable bonds is 27. The molecule has 0 aromatic heterocycles. The number of ether oxygens (including phenoxy) is 1. The highest BCUT2D eigenvalue weighted by atomic mass is 16.5. The topological polar surface area (TPSA) is 142 Å². The highest BCUT2D eigenvalue weighted by Crippen LogP contribution is 2.18. The van der Waals surface area contributed by atoms with E-state index in [0.29, 0.717) is 12.8 Å². The van der Waals surface area contributed by atoms with Gasteiger partial charge in [0.2, 0.25) is 11.8 Å². The van der Waals surface area contributed by atoms with Crippen LogP contribution in [-0.2, 0) is 23.9 Å². The van der Waals surface area contributed by atoms with E-state index in [4.69, 9.17) is 14.9 Å². The van der Waals surface area contributed by atoms with Crippen molar-refractivity contribution in [1.82, 2.24) is 10.6 Å². The van der Waals surface area contributed by atoms with Crippen molar-refractivity contribution in [2.24, 2.45) is 0 Å². The fraction of sp³-hybridized carbons (Fsp3) is 0.867. The lowest BCUT2D eigenvalue weighted by Crippen LogP contribution is -2.47. The highest BCUT2D eigenvalue weighted by molar-refractivity contribution is 5.87. The van der Waals surface area contributed by atoms with Gasteiger partial charge in [-0.3, -0.25) is 14.4 Å². The van der Waals surface area contributed by atoms with Crippen molar-refractivity contribution < 1.29 is 34.1 Å². The van der Waals surface area contributed by atoms with Gasteiger partial charge in [-0.25, -0.2) is 4.79 Å². The van der Waals surface area contributed by atoms with E-state index in [1.807, 2.05) is 0 Å². The van der Waals surface area contributed by atoms with E-state index in [1.165, 1.54) is 57.8 Å². The van der Waals surface area contributed by atoms with Crippen molar-refractivity contribution in [2.75, 3.05) is 13.2 Å². The molecule has 228 valence electrons. The molecule has 0 radical (unpaired) electrons. The number of carboxylic acids is 1. The number of carboxylic acid groups (broad SMARTS) is 1. The van der Waals surface area contributed by atoms with Gasteiger partial charge in [0.05, 0.1) is 13.2 Å². The minimum atomic E-state index is -1.38. The predicted molar refractivity (Wildman–Crippen MR) is 153 cm³/mol. The Morgan fingerprint density at radius 2 is 1.15 bits per heavy atom. The van der Waals surface area contributed by atoms with Crippen molar-refractivity contribution in [1.29, 1.82) is 0 Å². The van der Waals surface area contributed by atoms with Gasteiger partial charge in [0.1, 0.15) is 12.1 Å². The molecular formula is C30H56N2O7. The number of hydrogen-bond acceptors (Lipinski definition) is 6. The van der Waals surface area contributed by atoms with Crippen LogP contribution in [0.25, 0.3) is 0 Å². The van der Waals surface area contributed by atoms with Crippen molar-refractivity contribution in [3.05, 3.63) is 0 Å². The summed E-state index contributed by atoms with van der Waals surface area (Å²) in [5.41, 5.74) is 0. The van der Waals surface area contributed by atoms with E-state index in [9.17, 15) is 19.2 Å². The molecule has 2 unspecified atom stereocenters. The molecule has 9 heteroatoms. The van der Waals surface area contributed by atoms with Crippen molar-refractivity contribution in [2.45, 2.75) is 154 Å². The second-order valence-corrected chi connectivity index (χ2v) is 10.6. The van der Waals surface area contributed by atoms with Crippen molar-refractivity contribution in [3.63, 3.8) is 0 Å². The van der Waals surface area contributed by atoms with Gasteiger partial charge in [-0.1, -0.05) is 90.9 Å². The normalized spacial score (nSPS) is 12.5. The van der Waals surface area contributed by atoms with Gasteiger partial charge in [-0.2, -0.15) is 0 Å². The third-order valence-electron chi connectivity index (χ3n) is 6.85. The number of esters is 1. The first kappa shape index (κ1) is 36.8. The molecule has 0 aromatic rings. The molecule has 0 aliphatic heterocycles. The average molecular weight is 557 g/mol. The van der Waals surface area contributed by atoms with Crippen LogP contribution in [0.1, 0.15) is 142 Å². The van der Waals surface area contributed by atoms with Crippen LogP contribution in [0.3, 0.4) is 0 Å². The van der Waals surface area contributed by atoms with Crippen LogP contribution in [-0.4, -0.2) is 59.3 Å². The lowest BCUT2D eigenvalue weighted by molar-refractivity contribution is -0.150. The van der Waals surface area contributed by atoms with Gasteiger partial charge in [-0.15, -0.1) is 0 Å². The fourth-order valence-corrected chi connectivity index (χ4v) is 4.42. The summed E-state index contributed by atoms with van der Waals surface area (Å²) in [4.78, 5) is 46.9. The second-order valence-electron chi connectivity index (χ2n) is 10.6. The molecule has 0 fully saturated rings. The minimum Gasteiger partial charge on any atom is -0.480 e. The summed E-state index contributed by atoms with van der Waals surface area (Å²) in [6.45, 7) is 3.37. The molecule has 0 rings (SSSR count). The fourth-order valence-electron chi connectivity index (χ4n) is 4.42. The molecule has 0 saturated heterocycles. The summed E-state index contributed by atoms with van der Waals surface area (Å²) in [7, 11) is 0. The molecule has 4 N–H and O–H groups in total. The quantitative estimate of drug-likeness (QED) is 0.0782. The zero-order valence-corrected chi connectivity index (χ0v) is 24.6. The number of aliphatic hydroxyl groups excluding tert-OH is 1. The maximum Gasteiger partial charge on any atom is 0.328 e. The van der Waals surface area contributed by atoms with Gasteiger partial charge in [-0.05, 0) is 38.5 Å². The minimum absolute atomic E-state index is 0.0287. The molecule has 39 heavy (non-hydrogen) atoms. The zero-order chi connectivity index (χ0) is 29.1. The van der Waals surface area contributed by atoms with E-state index in [-0.39, 0.29) is 30.9 Å². The Hall–Kier alpha value is -2.16. The Kier molecular flexibility index (Phi) is 24.6. The zero-order valence-electron chi connectivity index (χ0n) is 24.6. The monoisotopic (exact) mass is 556 g/mol. The van der Waals surface area contributed by atoms with Gasteiger partial charge in [0, 0.05) is 12.8 Å². The van der Waals surface area contributed by atoms with E-state index < -0.39 is 24.5 Å². The Labute approximate surface area is 236 Å². The summed E-state index contributed by atoms with van der Waals surface area (Å²) < 4.78 is 5.86. The molecule has 0 spiro atoms. The number of aliphatic hydroxyl groups is 1. The van der Waals surface area contributed by atoms with Crippen molar-refractivity contribution in [3.8, 4) is 0 Å². The first-order valence-electron chi connectivity index (χ1n) is 15.4. The number of amides is 2. The van der Waals surface area contributed by atoms with E-state index in [1.54, 1.807) is 0 Å². The lowest BCUT2D eigenvalue weighted by Gasteiger charge is -2.18. The second kappa shape index (κ2) is 26.1. The first-order chi connectivity index (χ1) is 18.8. The number of nitrogens with one attached hydrogen (secondary N) is 2. The molecule has 0 saturated carbocycles. The Morgan fingerprint density at radius 3 is 1.67 bits per heavy atom. The molecule has 0 aliphatic carbocycles. The van der Waals surface area contributed by atoms with Crippen LogP contribution in [0.4, 0.5) is 0 Å². The van der Waals surface area contributed by atoms with Gasteiger partial charge >= 0.3 is 11.9 Å². The van der Waals surface area contributed by atoms with Crippen LogP contribution in [0.15, 0.2) is 0 Å². The van der Waals surface area contributed by atoms with Gasteiger partial charge in [0.25, 0.3) is 0 Å². The summed E-state index contributed by atoms with van der Waals surface area (Å²) >= 11 is 0. The summed E-state index contributed by atoms with van der Waals surface area (Å²) in [5, 5.41) is 22.4. The van der Waals surface area contributed by atoms with E-state index >= 15 is 0 Å². The van der Waals surface area contributed by atoms with E-state index in [2.05, 4.69) is 24.5 Å². The standard InChI is InChI=1S/C30H56N2O7/c1-3-5-7-9-10-12-18-22-29(36)39-25(19-15-11-8-6-4-2)20-16-13-14-17-21-27(34)31-23-28(35)32-26(24-33)30(37)38/h25-26,33H,3-24H2,1-2H3,(H,31,34)(H,32,35)(H,37,38). The number of carbonyl (C=O) groups excluding carboxylic acids is 3. The third kappa shape index (κ3) is 23.4. The Morgan fingerprint density at radius 1 is 0.667 bits per heavy atom. The maximum atomic E-state index is 12.4. The molecule has 0 heterocycles. The van der Waals surface area contributed by atoms with Crippen LogP contribution in [0.2, 0.25) is 0 Å². The van der Waals surface area contributed by atoms with Gasteiger partial charge < -0.3 is 25.6 Å². The first-order valence-corrected chi connectivity index (χ1v) is 15.4. The van der Waals surface area contributed by atoms with Crippen LogP contribution in [0, 0.1) is 0 Å². The van der Waals surface area contributed by atoms with Crippen LogP contribution < -0.4 is 10.6 Å². The third-order valence-corrected chi connectivity index (χ3v) is 6.85. The summed E-state index contributed by atoms with van der Waals surface area (Å²) in [5.74, 6) is -2.34. The molecule has 0 aromatic carbocycles. The number of aliphatic carboxylic acids is 1. The predicted octanol–water partition coefficient (Wildman–Crippen LogP) is 5.42. The Bertz CT molecular complexity index is 657. The average Bonchev–Trinajstić information content (AvgIpc) is 2.91. The number of hydrogen-bond donors (Lipinski definition) is 4. The smallest absolute Gasteiger partial charge is 0.328 e. The van der Waals surface area contributed by atoms with Crippen LogP contribution >= 0.6 is 0 Å². The summed E-state index contributed by atoms with van der Waals surface area (Å²) in [6, 6.07) is -1.38. The molecule has 9 nitrogen and oxygen atoms in total. The molecular weight excluding hydrogens is 500 g/mol.